The summed E-state index contributed by atoms with van der Waals surface area (Å²) in [6.07, 6.45) is 6.99. The third-order valence-corrected chi connectivity index (χ3v) is 12.0. The molecule has 4 heterocycles. The van der Waals surface area contributed by atoms with Crippen LogP contribution in [0.1, 0.15) is 31.8 Å². The van der Waals surface area contributed by atoms with E-state index in [9.17, 15) is 28.0 Å². The minimum Gasteiger partial charge on any atom is -0.465 e. The number of carbonyl (C=O) groups excluding carboxylic acids is 4. The van der Waals surface area contributed by atoms with Gasteiger partial charge >= 0.3 is 18.0 Å². The fraction of sp³-hybridized carbons (Fsp3) is 0.269. The zero-order valence-corrected chi connectivity index (χ0v) is 38.4. The number of hydrogen-bond donors (Lipinski definition) is 1. The maximum atomic E-state index is 14.9. The predicted molar refractivity (Wildman–Crippen MR) is 258 cm³/mol. The van der Waals surface area contributed by atoms with Crippen molar-refractivity contribution < 1.29 is 32.7 Å². The van der Waals surface area contributed by atoms with Gasteiger partial charge in [0.05, 0.1) is 32.3 Å². The van der Waals surface area contributed by atoms with Crippen LogP contribution in [0.4, 0.5) is 29.7 Å². The van der Waals surface area contributed by atoms with E-state index in [0.717, 1.165) is 54.5 Å². The van der Waals surface area contributed by atoms with Gasteiger partial charge in [0.1, 0.15) is 11.6 Å². The number of nitrogens with two attached hydrogens (primary N) is 1. The number of anilines is 2. The number of likely N-dealkylation sites (N-methyl/N-ethyl adjacent to an activating group) is 2. The second-order valence-corrected chi connectivity index (χ2v) is 16.6. The highest BCUT2D eigenvalue weighted by atomic mass is 19.1. The number of methoxy groups -OCH3 is 1. The van der Waals surface area contributed by atoms with Crippen LogP contribution in [0.15, 0.2) is 134 Å². The molecule has 2 N–H and O–H groups in total. The monoisotopic (exact) mass is 923 g/mol. The first-order chi connectivity index (χ1) is 32.9. The Hall–Kier alpha value is -7.40. The molecular weight excluding hydrogens is 869 g/mol. The summed E-state index contributed by atoms with van der Waals surface area (Å²) >= 11 is 0. The number of carbonyl (C=O) groups is 4. The van der Waals surface area contributed by atoms with Crippen LogP contribution < -0.4 is 15.5 Å². The molecule has 14 nitrogen and oxygen atoms in total. The number of piperazine rings is 2. The van der Waals surface area contributed by atoms with Crippen molar-refractivity contribution in [2.45, 2.75) is 13.1 Å². The van der Waals surface area contributed by atoms with Crippen molar-refractivity contribution in [2.75, 3.05) is 89.9 Å². The normalized spacial score (nSPS) is 14.1. The molecule has 2 aliphatic rings. The van der Waals surface area contributed by atoms with Gasteiger partial charge in [-0.3, -0.25) is 24.6 Å². The Morgan fingerprint density at radius 3 is 1.35 bits per heavy atom. The van der Waals surface area contributed by atoms with E-state index in [1.807, 2.05) is 86.9 Å². The van der Waals surface area contributed by atoms with Crippen LogP contribution in [0.2, 0.25) is 0 Å². The lowest BCUT2D eigenvalue weighted by atomic mass is 10.1. The van der Waals surface area contributed by atoms with Crippen molar-refractivity contribution in [2.24, 2.45) is 5.73 Å². The summed E-state index contributed by atoms with van der Waals surface area (Å²) in [5, 5.41) is 0. The van der Waals surface area contributed by atoms with E-state index in [-0.39, 0.29) is 48.6 Å². The molecule has 16 heteroatoms. The van der Waals surface area contributed by atoms with Gasteiger partial charge in [-0.2, -0.15) is 0 Å². The van der Waals surface area contributed by atoms with Gasteiger partial charge in [-0.05, 0) is 90.9 Å². The summed E-state index contributed by atoms with van der Waals surface area (Å²) in [5.41, 5.74) is 11.6. The quantitative estimate of drug-likeness (QED) is 0.103. The zero-order chi connectivity index (χ0) is 48.2. The van der Waals surface area contributed by atoms with E-state index < -0.39 is 17.6 Å². The van der Waals surface area contributed by atoms with E-state index in [4.69, 9.17) is 5.73 Å². The Labute approximate surface area is 395 Å². The molecule has 0 unspecified atom stereocenters. The van der Waals surface area contributed by atoms with E-state index in [0.29, 0.717) is 48.7 Å². The number of aromatic nitrogens is 2. The molecule has 0 spiro atoms. The number of Topliss-reactive ketones (excluding diaryl/α,β-unsaturated/α-hetero) is 1. The number of rotatable bonds is 11. The molecule has 0 radical (unpaired) electrons. The highest BCUT2D eigenvalue weighted by molar-refractivity contribution is 5.98. The minimum atomic E-state index is -0.609. The maximum Gasteiger partial charge on any atom is 0.337 e. The van der Waals surface area contributed by atoms with Gasteiger partial charge in [-0.1, -0.05) is 54.6 Å². The Bertz CT molecular complexity index is 2480. The molecule has 352 valence electrons. The summed E-state index contributed by atoms with van der Waals surface area (Å²) in [6.45, 7) is 5.42. The molecule has 2 aliphatic heterocycles. The Morgan fingerprint density at radius 2 is 0.985 bits per heavy atom. The number of amides is 4. The van der Waals surface area contributed by atoms with Crippen molar-refractivity contribution in [1.29, 1.82) is 0 Å². The summed E-state index contributed by atoms with van der Waals surface area (Å²) in [5.74, 6) is -2.04. The first-order valence-electron chi connectivity index (χ1n) is 22.3. The average molecular weight is 924 g/mol. The number of urea groups is 2. The third-order valence-electron chi connectivity index (χ3n) is 12.0. The first-order valence-corrected chi connectivity index (χ1v) is 22.3. The van der Waals surface area contributed by atoms with Crippen LogP contribution in [0.25, 0.3) is 22.3 Å². The van der Waals surface area contributed by atoms with Gasteiger partial charge in [0.15, 0.2) is 5.78 Å². The van der Waals surface area contributed by atoms with Crippen LogP contribution in [-0.2, 0) is 17.8 Å². The number of nitrogens with zero attached hydrogens (tertiary/aromatic N) is 8. The highest BCUT2D eigenvalue weighted by Gasteiger charge is 2.28. The maximum absolute atomic E-state index is 14.9. The van der Waals surface area contributed by atoms with E-state index in [1.165, 1.54) is 25.3 Å². The Morgan fingerprint density at radius 1 is 0.574 bits per heavy atom. The summed E-state index contributed by atoms with van der Waals surface area (Å²) in [6, 6.07) is 30.9. The van der Waals surface area contributed by atoms with E-state index in [2.05, 4.69) is 24.5 Å². The average Bonchev–Trinajstić information content (AvgIpc) is 3.38. The number of ketones is 1. The molecule has 4 aromatic carbocycles. The molecule has 2 aromatic heterocycles. The van der Waals surface area contributed by atoms with Gasteiger partial charge in [0.2, 0.25) is 0 Å². The van der Waals surface area contributed by atoms with E-state index in [1.54, 1.807) is 56.5 Å². The molecular formula is C52H55F2N9O5. The van der Waals surface area contributed by atoms with Crippen molar-refractivity contribution >= 4 is 35.2 Å². The number of ether oxygens (including phenoxy) is 1. The van der Waals surface area contributed by atoms with Gasteiger partial charge in [-0.25, -0.2) is 23.2 Å². The lowest BCUT2D eigenvalue weighted by molar-refractivity contribution is 0.0600. The summed E-state index contributed by atoms with van der Waals surface area (Å²) < 4.78 is 34.5. The lowest BCUT2D eigenvalue weighted by Crippen LogP contribution is -2.52. The molecule has 2 saturated heterocycles. The smallest absolute Gasteiger partial charge is 0.337 e. The van der Waals surface area contributed by atoms with Crippen LogP contribution in [-0.4, -0.2) is 133 Å². The van der Waals surface area contributed by atoms with Crippen molar-refractivity contribution in [1.82, 2.24) is 29.6 Å². The molecule has 0 aliphatic carbocycles. The van der Waals surface area contributed by atoms with Crippen molar-refractivity contribution in [3.8, 4) is 22.3 Å². The lowest BCUT2D eigenvalue weighted by Gasteiger charge is -2.36. The van der Waals surface area contributed by atoms with Crippen LogP contribution >= 0.6 is 0 Å². The number of esters is 1. The van der Waals surface area contributed by atoms with Gasteiger partial charge in [0, 0.05) is 105 Å². The molecule has 0 atom stereocenters. The third kappa shape index (κ3) is 12.1. The second kappa shape index (κ2) is 22.9. The van der Waals surface area contributed by atoms with Gasteiger partial charge in [0.25, 0.3) is 0 Å². The minimum absolute atomic E-state index is 0.0324. The molecule has 0 saturated carbocycles. The fourth-order valence-corrected chi connectivity index (χ4v) is 7.84. The summed E-state index contributed by atoms with van der Waals surface area (Å²) in [4.78, 5) is 70.0. The standard InChI is InChI=1S/C26H28FN5O2.C26H27FN4O3/c1-30-11-13-31(14-12-30)26(34)32(18-22-5-4-20(15-24(22)27)25(33)16-28)23-8-6-19(7-9-23)21-3-2-10-29-17-21;1-29-12-14-30(15-13-29)26(33)31(18-22-6-5-20(16-24(22)27)25(32)34-2)23-9-7-19(8-10-23)21-4-3-11-28-17-21/h2-10,15,17H,11-14,16,18,28H2,1H3;3-11,16-17H,12-15,18H2,1-2H3. The highest BCUT2D eigenvalue weighted by Crippen LogP contribution is 2.28. The largest absolute Gasteiger partial charge is 0.465 e. The fourth-order valence-electron chi connectivity index (χ4n) is 7.84. The zero-order valence-electron chi connectivity index (χ0n) is 38.4. The summed E-state index contributed by atoms with van der Waals surface area (Å²) in [7, 11) is 5.30. The molecule has 6 aromatic rings. The molecule has 8 rings (SSSR count). The number of pyridine rings is 2. The molecule has 68 heavy (non-hydrogen) atoms. The Balaban J connectivity index is 0.000000201. The van der Waals surface area contributed by atoms with Crippen molar-refractivity contribution in [3.05, 3.63) is 168 Å². The van der Waals surface area contributed by atoms with Gasteiger partial charge < -0.3 is 30.1 Å². The van der Waals surface area contributed by atoms with Crippen molar-refractivity contribution in [3.63, 3.8) is 0 Å². The SMILES string of the molecule is CN1CCN(C(=O)N(Cc2ccc(C(=O)CN)cc2F)c2ccc(-c3cccnc3)cc2)CC1.COC(=O)c1ccc(CN(C(=O)N2CCN(C)CC2)c2ccc(-c3cccnc3)cc2)c(F)c1. The number of halogens is 2. The van der Waals surface area contributed by atoms with Gasteiger partial charge in [-0.15, -0.1) is 0 Å². The number of hydrogen-bond acceptors (Lipinski definition) is 10. The van der Waals surface area contributed by atoms with Crippen LogP contribution in [0.5, 0.6) is 0 Å². The van der Waals surface area contributed by atoms with Crippen LogP contribution in [0, 0.1) is 11.6 Å². The first kappa shape index (κ1) is 48.5. The predicted octanol–water partition coefficient (Wildman–Crippen LogP) is 7.45. The topological polar surface area (TPSA) is 149 Å². The Kier molecular flexibility index (Phi) is 16.3. The molecule has 4 amide bonds. The van der Waals surface area contributed by atoms with Crippen LogP contribution in [0.3, 0.4) is 0 Å². The number of benzene rings is 4. The van der Waals surface area contributed by atoms with E-state index >= 15 is 0 Å². The second-order valence-electron chi connectivity index (χ2n) is 16.6. The molecule has 2 fully saturated rings. The molecule has 0 bridgehead atoms.